The zero-order valence-electron chi connectivity index (χ0n) is 14.7. The molecule has 1 aliphatic rings. The minimum absolute atomic E-state index is 0.00968. The molecule has 2 heterocycles. The average molecular weight is 318 g/mol. The van der Waals surface area contributed by atoms with Crippen molar-refractivity contribution in [2.75, 3.05) is 33.2 Å². The maximum Gasteiger partial charge on any atom is 0.317 e. The Morgan fingerprint density at radius 3 is 2.83 bits per heavy atom. The van der Waals surface area contributed by atoms with Crippen LogP contribution in [0.3, 0.4) is 0 Å². The number of nitrogens with zero attached hydrogens (tertiary/aromatic N) is 3. The van der Waals surface area contributed by atoms with Gasteiger partial charge < -0.3 is 15.1 Å². The van der Waals surface area contributed by atoms with Crippen LogP contribution in [0.5, 0.6) is 0 Å². The minimum Gasteiger partial charge on any atom is -0.338 e. The molecule has 1 saturated heterocycles. The smallest absolute Gasteiger partial charge is 0.317 e. The second-order valence-corrected chi connectivity index (χ2v) is 6.63. The van der Waals surface area contributed by atoms with E-state index in [4.69, 9.17) is 0 Å². The quantitative estimate of drug-likeness (QED) is 0.877. The predicted molar refractivity (Wildman–Crippen MR) is 93.3 cm³/mol. The summed E-state index contributed by atoms with van der Waals surface area (Å²) in [6.07, 6.45) is 5.39. The van der Waals surface area contributed by atoms with E-state index in [1.807, 2.05) is 26.1 Å². The van der Waals surface area contributed by atoms with Crippen molar-refractivity contribution in [2.45, 2.75) is 39.7 Å². The van der Waals surface area contributed by atoms with Crippen molar-refractivity contribution in [1.29, 1.82) is 0 Å². The van der Waals surface area contributed by atoms with E-state index >= 15 is 0 Å². The third-order valence-corrected chi connectivity index (χ3v) is 4.52. The van der Waals surface area contributed by atoms with E-state index in [0.717, 1.165) is 17.8 Å². The molecule has 0 unspecified atom stereocenters. The van der Waals surface area contributed by atoms with Gasteiger partial charge in [0.15, 0.2) is 0 Å². The molecule has 0 saturated carbocycles. The number of nitrogens with one attached hydrogen (secondary N) is 1. The normalized spacial score (nSPS) is 16.3. The molecule has 5 heteroatoms. The van der Waals surface area contributed by atoms with Crippen molar-refractivity contribution < 1.29 is 4.79 Å². The molecular weight excluding hydrogens is 288 g/mol. The Labute approximate surface area is 140 Å². The van der Waals surface area contributed by atoms with Gasteiger partial charge >= 0.3 is 6.03 Å². The fourth-order valence-electron chi connectivity index (χ4n) is 3.15. The van der Waals surface area contributed by atoms with Gasteiger partial charge in [-0.25, -0.2) is 4.79 Å². The SMILES string of the molecule is CCCN1CCC(CNC(=O)N(C)Cc2ccnc(C)c2)CC1. The third kappa shape index (κ3) is 5.82. The number of aromatic nitrogens is 1. The van der Waals surface area contributed by atoms with E-state index in [0.29, 0.717) is 12.5 Å². The number of carbonyl (C=O) groups excluding carboxylic acids is 1. The van der Waals surface area contributed by atoms with Gasteiger partial charge in [-0.05, 0) is 69.4 Å². The number of piperidine rings is 1. The summed E-state index contributed by atoms with van der Waals surface area (Å²) in [5, 5.41) is 3.09. The Kier molecular flexibility index (Phi) is 6.84. The fraction of sp³-hybridized carbons (Fsp3) is 0.667. The van der Waals surface area contributed by atoms with Crippen molar-refractivity contribution in [2.24, 2.45) is 5.92 Å². The van der Waals surface area contributed by atoms with Crippen LogP contribution in [0.1, 0.15) is 37.4 Å². The molecule has 0 spiro atoms. The van der Waals surface area contributed by atoms with E-state index in [1.165, 1.54) is 38.9 Å². The maximum absolute atomic E-state index is 12.2. The Morgan fingerprint density at radius 2 is 2.17 bits per heavy atom. The molecule has 128 valence electrons. The second-order valence-electron chi connectivity index (χ2n) is 6.63. The number of urea groups is 1. The van der Waals surface area contributed by atoms with Crippen LogP contribution >= 0.6 is 0 Å². The number of carbonyl (C=O) groups is 1. The first-order valence-corrected chi connectivity index (χ1v) is 8.71. The molecule has 0 bridgehead atoms. The molecule has 0 aromatic carbocycles. The lowest BCUT2D eigenvalue weighted by Gasteiger charge is -2.32. The first-order valence-electron chi connectivity index (χ1n) is 8.71. The van der Waals surface area contributed by atoms with E-state index in [9.17, 15) is 4.79 Å². The molecule has 23 heavy (non-hydrogen) atoms. The molecule has 2 amide bonds. The van der Waals surface area contributed by atoms with Crippen LogP contribution in [-0.4, -0.2) is 54.0 Å². The summed E-state index contributed by atoms with van der Waals surface area (Å²) >= 11 is 0. The Bertz CT molecular complexity index is 498. The molecular formula is C18H30N4O. The number of rotatable bonds is 6. The van der Waals surface area contributed by atoms with Crippen LogP contribution < -0.4 is 5.32 Å². The first kappa shape index (κ1) is 17.7. The summed E-state index contributed by atoms with van der Waals surface area (Å²) in [6, 6.07) is 3.99. The van der Waals surface area contributed by atoms with Gasteiger partial charge in [0.2, 0.25) is 0 Å². The van der Waals surface area contributed by atoms with Gasteiger partial charge in [-0.1, -0.05) is 6.92 Å². The monoisotopic (exact) mass is 318 g/mol. The average Bonchev–Trinajstić information content (AvgIpc) is 2.54. The van der Waals surface area contributed by atoms with Gasteiger partial charge in [0, 0.05) is 32.0 Å². The molecule has 1 aromatic heterocycles. The predicted octanol–water partition coefficient (Wildman–Crippen LogP) is 2.65. The molecule has 1 fully saturated rings. The van der Waals surface area contributed by atoms with Gasteiger partial charge in [0.05, 0.1) is 0 Å². The van der Waals surface area contributed by atoms with E-state index in [1.54, 1.807) is 11.1 Å². The van der Waals surface area contributed by atoms with Gasteiger partial charge in [0.1, 0.15) is 0 Å². The zero-order chi connectivity index (χ0) is 16.7. The van der Waals surface area contributed by atoms with Crippen LogP contribution in [0, 0.1) is 12.8 Å². The second kappa shape index (κ2) is 8.87. The van der Waals surface area contributed by atoms with E-state index < -0.39 is 0 Å². The molecule has 2 rings (SSSR count). The first-order chi connectivity index (χ1) is 11.1. The highest BCUT2D eigenvalue weighted by atomic mass is 16.2. The van der Waals surface area contributed by atoms with Gasteiger partial charge in [0.25, 0.3) is 0 Å². The summed E-state index contributed by atoms with van der Waals surface area (Å²) in [5.41, 5.74) is 2.10. The Balaban J connectivity index is 1.70. The van der Waals surface area contributed by atoms with Crippen molar-refractivity contribution in [1.82, 2.24) is 20.1 Å². The van der Waals surface area contributed by atoms with Gasteiger partial charge in [-0.2, -0.15) is 0 Å². The fourth-order valence-corrected chi connectivity index (χ4v) is 3.15. The zero-order valence-corrected chi connectivity index (χ0v) is 14.7. The highest BCUT2D eigenvalue weighted by Crippen LogP contribution is 2.16. The molecule has 1 aliphatic heterocycles. The number of aryl methyl sites for hydroxylation is 1. The summed E-state index contributed by atoms with van der Waals surface area (Å²) in [7, 11) is 1.84. The number of amides is 2. The lowest BCUT2D eigenvalue weighted by Crippen LogP contribution is -2.42. The minimum atomic E-state index is 0.00968. The molecule has 0 aliphatic carbocycles. The lowest BCUT2D eigenvalue weighted by atomic mass is 9.97. The summed E-state index contributed by atoms with van der Waals surface area (Å²) < 4.78 is 0. The van der Waals surface area contributed by atoms with Crippen molar-refractivity contribution in [3.8, 4) is 0 Å². The molecule has 1 aromatic rings. The Morgan fingerprint density at radius 1 is 1.43 bits per heavy atom. The van der Waals surface area contributed by atoms with Crippen LogP contribution in [0.4, 0.5) is 4.79 Å². The maximum atomic E-state index is 12.2. The number of hydrogen-bond acceptors (Lipinski definition) is 3. The van der Waals surface area contributed by atoms with Crippen LogP contribution in [0.2, 0.25) is 0 Å². The van der Waals surface area contributed by atoms with Crippen molar-refractivity contribution in [3.63, 3.8) is 0 Å². The van der Waals surface area contributed by atoms with Gasteiger partial charge in [-0.3, -0.25) is 4.98 Å². The highest BCUT2D eigenvalue weighted by molar-refractivity contribution is 5.73. The largest absolute Gasteiger partial charge is 0.338 e. The van der Waals surface area contributed by atoms with Crippen LogP contribution in [0.25, 0.3) is 0 Å². The molecule has 1 N–H and O–H groups in total. The van der Waals surface area contributed by atoms with E-state index in [-0.39, 0.29) is 6.03 Å². The van der Waals surface area contributed by atoms with Crippen molar-refractivity contribution >= 4 is 6.03 Å². The number of hydrogen-bond donors (Lipinski definition) is 1. The number of likely N-dealkylation sites (tertiary alicyclic amines) is 1. The molecule has 0 radical (unpaired) electrons. The number of pyridine rings is 1. The van der Waals surface area contributed by atoms with Crippen LogP contribution in [0.15, 0.2) is 18.3 Å². The Hall–Kier alpha value is -1.62. The molecule has 5 nitrogen and oxygen atoms in total. The topological polar surface area (TPSA) is 48.5 Å². The summed E-state index contributed by atoms with van der Waals surface area (Å²) in [6.45, 7) is 9.14. The highest BCUT2D eigenvalue weighted by Gasteiger charge is 2.19. The standard InChI is InChI=1S/C18H30N4O/c1-4-9-22-10-6-16(7-11-22)13-20-18(23)21(3)14-17-5-8-19-15(2)12-17/h5,8,12,16H,4,6-7,9-11,13-14H2,1-3H3,(H,20,23). The molecule has 0 atom stereocenters. The van der Waals surface area contributed by atoms with Gasteiger partial charge in [-0.15, -0.1) is 0 Å². The summed E-state index contributed by atoms with van der Waals surface area (Å²) in [4.78, 5) is 20.7. The third-order valence-electron chi connectivity index (χ3n) is 4.52. The van der Waals surface area contributed by atoms with E-state index in [2.05, 4.69) is 22.1 Å². The summed E-state index contributed by atoms with van der Waals surface area (Å²) in [5.74, 6) is 0.614. The van der Waals surface area contributed by atoms with Crippen LogP contribution in [-0.2, 0) is 6.54 Å². The lowest BCUT2D eigenvalue weighted by molar-refractivity contribution is 0.175. The van der Waals surface area contributed by atoms with Crippen molar-refractivity contribution in [3.05, 3.63) is 29.6 Å².